The Balaban J connectivity index is 1.22. The molecule has 0 unspecified atom stereocenters. The topological polar surface area (TPSA) is 13.1 Å². The highest BCUT2D eigenvalue weighted by atomic mass is 32.1. The van der Waals surface area contributed by atoms with Gasteiger partial charge in [0.05, 0.1) is 0 Å². The maximum absolute atomic E-state index is 6.20. The molecule has 0 amide bonds. The van der Waals surface area contributed by atoms with Crippen LogP contribution in [0.1, 0.15) is 38.3 Å². The zero-order valence-electron chi connectivity index (χ0n) is 28.8. The number of benzene rings is 4. The summed E-state index contributed by atoms with van der Waals surface area (Å²) in [5.74, 6) is 0. The van der Waals surface area contributed by atoms with Crippen LogP contribution >= 0.6 is 11.3 Å². The third-order valence-electron chi connectivity index (χ3n) is 9.17. The highest BCUT2D eigenvalue weighted by Crippen LogP contribution is 2.35. The van der Waals surface area contributed by atoms with Crippen LogP contribution in [0.25, 0.3) is 76.9 Å². The molecular weight excluding hydrogens is 625 g/mol. The van der Waals surface area contributed by atoms with Crippen molar-refractivity contribution >= 4 is 88.2 Å². The smallest absolute Gasteiger partial charge is 0.136 e. The fourth-order valence-corrected chi connectivity index (χ4v) is 7.83. The lowest BCUT2D eigenvalue weighted by Gasteiger charge is -2.08. The molecule has 50 heavy (non-hydrogen) atoms. The Morgan fingerprint density at radius 1 is 0.700 bits per heavy atom. The van der Waals surface area contributed by atoms with E-state index in [9.17, 15) is 0 Å². The zero-order chi connectivity index (χ0) is 34.5. The molecule has 0 aliphatic heterocycles. The molecule has 2 aromatic heterocycles. The summed E-state index contributed by atoms with van der Waals surface area (Å²) in [5.41, 5.74) is 6.34. The first-order valence-corrected chi connectivity index (χ1v) is 18.0. The Labute approximate surface area is 297 Å². The average molecular weight is 665 g/mol. The first-order chi connectivity index (χ1) is 24.6. The summed E-state index contributed by atoms with van der Waals surface area (Å²) in [7, 11) is 0. The Morgan fingerprint density at radius 3 is 2.20 bits per heavy atom. The minimum absolute atomic E-state index is 0.823. The van der Waals surface area contributed by atoms with E-state index in [2.05, 4.69) is 172 Å². The summed E-state index contributed by atoms with van der Waals surface area (Å²) in [5, 5.41) is 9.77. The van der Waals surface area contributed by atoms with Gasteiger partial charge >= 0.3 is 0 Å². The molecule has 5 aromatic carbocycles. The second-order valence-electron chi connectivity index (χ2n) is 12.4. The predicted molar refractivity (Wildman–Crippen MR) is 222 cm³/mol. The van der Waals surface area contributed by atoms with Crippen LogP contribution in [0.4, 0.5) is 0 Å². The van der Waals surface area contributed by atoms with Crippen LogP contribution in [0, 0.1) is 0 Å². The quantitative estimate of drug-likeness (QED) is 0.155. The van der Waals surface area contributed by atoms with Gasteiger partial charge in [0.1, 0.15) is 11.2 Å². The highest BCUT2D eigenvalue weighted by molar-refractivity contribution is 7.17. The lowest BCUT2D eigenvalue weighted by atomic mass is 9.96. The van der Waals surface area contributed by atoms with E-state index in [0.717, 1.165) is 39.5 Å². The van der Waals surface area contributed by atoms with Crippen molar-refractivity contribution in [3.63, 3.8) is 0 Å². The maximum atomic E-state index is 6.20. The van der Waals surface area contributed by atoms with Gasteiger partial charge in [-0.15, -0.1) is 11.3 Å². The molecule has 0 atom stereocenters. The zero-order valence-corrected chi connectivity index (χ0v) is 29.6. The molecule has 0 bridgehead atoms. The second kappa shape index (κ2) is 14.8. The standard InChI is InChI=1S/C48H40OS/c1-5-7-20-33(3)36-22-13-10-11-14-23-37(39-25-17-16-24-38(36)39)34(4)21-12-8-9-15-27-41-46(6-2)50-47-30-29-35-31-45-43(32-42(35)48(41)47)40-26-18-19-28-44(40)49-45/h5-14,16-32H,4,15H2,1-3H3/b7-5-,9-8+,11-10?,13-10?,14-11?,21-12-,22-13?,23-14?,33-20+,36-22?,37-23?,38-36?,39-37?,41-27+,46-6+. The van der Waals surface area contributed by atoms with E-state index in [-0.39, 0.29) is 0 Å². The third-order valence-corrected chi connectivity index (χ3v) is 10.4. The first-order valence-electron chi connectivity index (χ1n) is 17.2. The summed E-state index contributed by atoms with van der Waals surface area (Å²) in [6.07, 6.45) is 20.3. The van der Waals surface area contributed by atoms with Crippen molar-refractivity contribution in [2.75, 3.05) is 0 Å². The molecule has 244 valence electrons. The van der Waals surface area contributed by atoms with Crippen LogP contribution in [-0.2, 0) is 0 Å². The van der Waals surface area contributed by atoms with Crippen LogP contribution in [-0.4, -0.2) is 0 Å². The van der Waals surface area contributed by atoms with Gasteiger partial charge in [0, 0.05) is 25.4 Å². The van der Waals surface area contributed by atoms with Gasteiger partial charge in [-0.2, -0.15) is 0 Å². The van der Waals surface area contributed by atoms with Gasteiger partial charge in [0.2, 0.25) is 0 Å². The minimum Gasteiger partial charge on any atom is -0.456 e. The lowest BCUT2D eigenvalue weighted by Crippen LogP contribution is -2.17. The summed E-state index contributed by atoms with van der Waals surface area (Å²) < 4.78 is 8.81. The van der Waals surface area contributed by atoms with Gasteiger partial charge < -0.3 is 4.42 Å². The van der Waals surface area contributed by atoms with Crippen LogP contribution < -0.4 is 9.75 Å². The Morgan fingerprint density at radius 2 is 1.42 bits per heavy atom. The number of hydrogen-bond donors (Lipinski definition) is 0. The van der Waals surface area contributed by atoms with E-state index in [1.807, 2.05) is 30.4 Å². The van der Waals surface area contributed by atoms with Crippen molar-refractivity contribution in [1.29, 1.82) is 0 Å². The van der Waals surface area contributed by atoms with Crippen molar-refractivity contribution in [3.8, 4) is 0 Å². The number of fused-ring (bicyclic) bond motifs is 7. The largest absolute Gasteiger partial charge is 0.456 e. The van der Waals surface area contributed by atoms with Crippen LogP contribution in [0.5, 0.6) is 0 Å². The van der Waals surface area contributed by atoms with Gasteiger partial charge in [-0.3, -0.25) is 0 Å². The minimum atomic E-state index is 0.823. The Bertz CT molecular complexity index is 2720. The molecule has 1 nitrogen and oxygen atoms in total. The first kappa shape index (κ1) is 32.8. The number of allylic oxidation sites excluding steroid dienone is 9. The number of rotatable bonds is 7. The van der Waals surface area contributed by atoms with Gasteiger partial charge in [0.15, 0.2) is 0 Å². The molecule has 0 N–H and O–H groups in total. The number of furan rings is 1. The average Bonchev–Trinajstić information content (AvgIpc) is 3.70. The summed E-state index contributed by atoms with van der Waals surface area (Å²) in [6.45, 7) is 10.8. The molecule has 7 rings (SSSR count). The fraction of sp³-hybridized carbons (Fsp3) is 0.0833. The SMILES string of the molecule is C=C(/C=C\C=C\C/C=c1\c(=C/C)sc2ccc3cc4oc5ccccc5c4cc3c12)c1ccccccc(/C(C)=C/C=C\C)c2ccccc12. The van der Waals surface area contributed by atoms with Gasteiger partial charge in [-0.25, -0.2) is 0 Å². The molecule has 0 aliphatic carbocycles. The van der Waals surface area contributed by atoms with Crippen molar-refractivity contribution in [1.82, 2.24) is 0 Å². The van der Waals surface area contributed by atoms with Crippen molar-refractivity contribution < 1.29 is 4.42 Å². The molecule has 0 radical (unpaired) electrons. The van der Waals surface area contributed by atoms with Gasteiger partial charge in [-0.1, -0.05) is 146 Å². The van der Waals surface area contributed by atoms with Crippen molar-refractivity contribution in [2.24, 2.45) is 0 Å². The van der Waals surface area contributed by atoms with Crippen LogP contribution in [0.2, 0.25) is 0 Å². The Kier molecular flexibility index (Phi) is 9.73. The van der Waals surface area contributed by atoms with Crippen LogP contribution in [0.3, 0.4) is 0 Å². The van der Waals surface area contributed by atoms with Crippen molar-refractivity contribution in [2.45, 2.75) is 27.2 Å². The number of thiophene rings is 1. The molecule has 7 aromatic rings. The van der Waals surface area contributed by atoms with E-state index >= 15 is 0 Å². The molecule has 0 saturated carbocycles. The van der Waals surface area contributed by atoms with Crippen LogP contribution in [0.15, 0.2) is 163 Å². The van der Waals surface area contributed by atoms with E-state index in [4.69, 9.17) is 4.42 Å². The normalized spacial score (nSPS) is 13.4. The van der Waals surface area contributed by atoms with E-state index in [1.54, 1.807) is 0 Å². The monoisotopic (exact) mass is 664 g/mol. The maximum Gasteiger partial charge on any atom is 0.136 e. The molecule has 0 saturated heterocycles. The van der Waals surface area contributed by atoms with E-state index < -0.39 is 0 Å². The summed E-state index contributed by atoms with van der Waals surface area (Å²) >= 11 is 1.86. The highest BCUT2D eigenvalue weighted by Gasteiger charge is 2.12. The molecule has 0 spiro atoms. The summed E-state index contributed by atoms with van der Waals surface area (Å²) in [6, 6.07) is 38.6. The van der Waals surface area contributed by atoms with Crippen molar-refractivity contribution in [3.05, 3.63) is 179 Å². The van der Waals surface area contributed by atoms with Gasteiger partial charge in [0.25, 0.3) is 0 Å². The van der Waals surface area contributed by atoms with Gasteiger partial charge in [-0.05, 0) is 100 Å². The second-order valence-corrected chi connectivity index (χ2v) is 13.5. The number of hydrogen-bond acceptors (Lipinski definition) is 2. The lowest BCUT2D eigenvalue weighted by molar-refractivity contribution is 0.669. The molecular formula is C48H40OS. The molecule has 0 aliphatic rings. The van der Waals surface area contributed by atoms with E-state index in [1.165, 1.54) is 52.5 Å². The Hall–Kier alpha value is -5.70. The van der Waals surface area contributed by atoms with E-state index in [0.29, 0.717) is 0 Å². The predicted octanol–water partition coefficient (Wildman–Crippen LogP) is 13.0. The third kappa shape index (κ3) is 6.51. The molecule has 2 heteroatoms. The fourth-order valence-electron chi connectivity index (χ4n) is 6.72. The number of para-hydroxylation sites is 1. The molecule has 2 heterocycles. The summed E-state index contributed by atoms with van der Waals surface area (Å²) in [4.78, 5) is 0. The molecule has 0 fully saturated rings.